The molecule has 100 valence electrons. The van der Waals surface area contributed by atoms with E-state index in [0.29, 0.717) is 17.0 Å². The van der Waals surface area contributed by atoms with Crippen LogP contribution in [-0.4, -0.2) is 6.04 Å². The fourth-order valence-corrected chi connectivity index (χ4v) is 2.91. The van der Waals surface area contributed by atoms with E-state index < -0.39 is 0 Å². The molecule has 1 aromatic carbocycles. The Hall–Kier alpha value is -0.890. The van der Waals surface area contributed by atoms with Gasteiger partial charge < -0.3 is 5.32 Å². The van der Waals surface area contributed by atoms with Gasteiger partial charge in [-0.3, -0.25) is 0 Å². The fraction of sp³-hybridized carbons (Fsp3) is 0.625. The molecule has 0 saturated heterocycles. The van der Waals surface area contributed by atoms with Gasteiger partial charge in [-0.1, -0.05) is 26.0 Å². The molecule has 0 aromatic heterocycles. The van der Waals surface area contributed by atoms with Crippen molar-refractivity contribution < 1.29 is 4.39 Å². The van der Waals surface area contributed by atoms with Crippen molar-refractivity contribution in [1.82, 2.24) is 5.32 Å². The number of halogens is 1. The monoisotopic (exact) mass is 249 g/mol. The molecular formula is C16H24FN. The molecule has 1 fully saturated rings. The minimum atomic E-state index is -0.104. The summed E-state index contributed by atoms with van der Waals surface area (Å²) >= 11 is 0. The van der Waals surface area contributed by atoms with Crippen LogP contribution >= 0.6 is 0 Å². The fourth-order valence-electron chi connectivity index (χ4n) is 2.91. The first-order valence-electron chi connectivity index (χ1n) is 6.89. The minimum absolute atomic E-state index is 0.104. The summed E-state index contributed by atoms with van der Waals surface area (Å²) in [5, 5.41) is 3.63. The molecule has 2 heteroatoms. The van der Waals surface area contributed by atoms with E-state index in [9.17, 15) is 4.39 Å². The highest BCUT2D eigenvalue weighted by molar-refractivity contribution is 5.25. The summed E-state index contributed by atoms with van der Waals surface area (Å²) in [6.45, 7) is 8.57. The molecule has 18 heavy (non-hydrogen) atoms. The van der Waals surface area contributed by atoms with Crippen molar-refractivity contribution in [3.8, 4) is 0 Å². The third kappa shape index (κ3) is 3.11. The Morgan fingerprint density at radius 3 is 2.67 bits per heavy atom. The van der Waals surface area contributed by atoms with E-state index in [1.54, 1.807) is 13.0 Å². The first kappa shape index (κ1) is 13.5. The maximum atomic E-state index is 13.5. The Kier molecular flexibility index (Phi) is 3.76. The van der Waals surface area contributed by atoms with E-state index in [2.05, 4.69) is 26.1 Å². The van der Waals surface area contributed by atoms with E-state index >= 15 is 0 Å². The molecule has 0 amide bonds. The second kappa shape index (κ2) is 5.00. The summed E-state index contributed by atoms with van der Waals surface area (Å²) in [6.07, 6.45) is 3.72. The van der Waals surface area contributed by atoms with Crippen molar-refractivity contribution in [3.63, 3.8) is 0 Å². The standard InChI is InChI=1S/C16H24FN/c1-11-5-6-13(9-15(11)17)12(2)18-14-7-8-16(3,4)10-14/h5-6,9,12,14,18H,7-8,10H2,1-4H3. The molecule has 1 aliphatic carbocycles. The van der Waals surface area contributed by atoms with Crippen molar-refractivity contribution in [1.29, 1.82) is 0 Å². The van der Waals surface area contributed by atoms with Gasteiger partial charge in [0.1, 0.15) is 5.82 Å². The van der Waals surface area contributed by atoms with Gasteiger partial charge in [0.05, 0.1) is 0 Å². The second-order valence-corrected chi connectivity index (χ2v) is 6.50. The Labute approximate surface area is 110 Å². The van der Waals surface area contributed by atoms with Crippen LogP contribution in [-0.2, 0) is 0 Å². The molecule has 1 nitrogen and oxygen atoms in total. The van der Waals surface area contributed by atoms with E-state index in [4.69, 9.17) is 0 Å². The number of benzene rings is 1. The molecule has 1 aromatic rings. The largest absolute Gasteiger partial charge is 0.307 e. The van der Waals surface area contributed by atoms with Crippen LogP contribution in [0.3, 0.4) is 0 Å². The lowest BCUT2D eigenvalue weighted by Crippen LogP contribution is -2.30. The molecule has 1 N–H and O–H groups in total. The molecule has 1 aliphatic rings. The van der Waals surface area contributed by atoms with Crippen LogP contribution in [0.5, 0.6) is 0 Å². The third-order valence-corrected chi connectivity index (χ3v) is 4.15. The van der Waals surface area contributed by atoms with Gasteiger partial charge in [0.2, 0.25) is 0 Å². The average Bonchev–Trinajstić information content (AvgIpc) is 2.62. The van der Waals surface area contributed by atoms with Gasteiger partial charge in [0.25, 0.3) is 0 Å². The molecular weight excluding hydrogens is 225 g/mol. The van der Waals surface area contributed by atoms with E-state index in [1.165, 1.54) is 19.3 Å². The van der Waals surface area contributed by atoms with Crippen molar-refractivity contribution in [2.75, 3.05) is 0 Å². The van der Waals surface area contributed by atoms with E-state index in [0.717, 1.165) is 5.56 Å². The van der Waals surface area contributed by atoms with Gasteiger partial charge in [-0.25, -0.2) is 4.39 Å². The van der Waals surface area contributed by atoms with Gasteiger partial charge in [-0.2, -0.15) is 0 Å². The Morgan fingerprint density at radius 2 is 2.11 bits per heavy atom. The second-order valence-electron chi connectivity index (χ2n) is 6.50. The molecule has 0 heterocycles. The summed E-state index contributed by atoms with van der Waals surface area (Å²) in [5.74, 6) is -0.104. The van der Waals surface area contributed by atoms with Gasteiger partial charge in [0.15, 0.2) is 0 Å². The average molecular weight is 249 g/mol. The van der Waals surface area contributed by atoms with Crippen LogP contribution < -0.4 is 5.32 Å². The maximum absolute atomic E-state index is 13.5. The van der Waals surface area contributed by atoms with Gasteiger partial charge >= 0.3 is 0 Å². The Balaban J connectivity index is 1.99. The lowest BCUT2D eigenvalue weighted by molar-refractivity contribution is 0.356. The number of hydrogen-bond donors (Lipinski definition) is 1. The minimum Gasteiger partial charge on any atom is -0.307 e. The molecule has 1 saturated carbocycles. The van der Waals surface area contributed by atoms with Crippen molar-refractivity contribution >= 4 is 0 Å². The molecule has 2 atom stereocenters. The lowest BCUT2D eigenvalue weighted by Gasteiger charge is -2.22. The van der Waals surface area contributed by atoms with Crippen LogP contribution in [0.15, 0.2) is 18.2 Å². The number of nitrogens with one attached hydrogen (secondary N) is 1. The smallest absolute Gasteiger partial charge is 0.126 e. The summed E-state index contributed by atoms with van der Waals surface area (Å²) in [6, 6.07) is 6.34. The van der Waals surface area contributed by atoms with Crippen molar-refractivity contribution in [2.45, 2.75) is 59.0 Å². The number of aryl methyl sites for hydroxylation is 1. The molecule has 2 unspecified atom stereocenters. The molecule has 2 rings (SSSR count). The van der Waals surface area contributed by atoms with E-state index in [1.807, 2.05) is 12.1 Å². The highest BCUT2D eigenvalue weighted by Gasteiger charge is 2.31. The maximum Gasteiger partial charge on any atom is 0.126 e. The first-order valence-corrected chi connectivity index (χ1v) is 6.89. The third-order valence-electron chi connectivity index (χ3n) is 4.15. The van der Waals surface area contributed by atoms with Crippen LogP contribution in [0.4, 0.5) is 4.39 Å². The molecule has 0 radical (unpaired) electrons. The zero-order valence-corrected chi connectivity index (χ0v) is 11.9. The Morgan fingerprint density at radius 1 is 1.39 bits per heavy atom. The first-order chi connectivity index (χ1) is 8.37. The zero-order chi connectivity index (χ0) is 13.3. The van der Waals surface area contributed by atoms with Gasteiger partial charge in [-0.05, 0) is 55.7 Å². The van der Waals surface area contributed by atoms with Crippen LogP contribution in [0.1, 0.15) is 57.2 Å². The molecule has 0 aliphatic heterocycles. The number of rotatable bonds is 3. The summed E-state index contributed by atoms with van der Waals surface area (Å²) in [4.78, 5) is 0. The van der Waals surface area contributed by atoms with Crippen molar-refractivity contribution in [2.24, 2.45) is 5.41 Å². The summed E-state index contributed by atoms with van der Waals surface area (Å²) in [7, 11) is 0. The van der Waals surface area contributed by atoms with Gasteiger partial charge in [0, 0.05) is 12.1 Å². The number of hydrogen-bond acceptors (Lipinski definition) is 1. The van der Waals surface area contributed by atoms with Crippen LogP contribution in [0.2, 0.25) is 0 Å². The quantitative estimate of drug-likeness (QED) is 0.839. The summed E-state index contributed by atoms with van der Waals surface area (Å²) < 4.78 is 13.5. The van der Waals surface area contributed by atoms with Crippen molar-refractivity contribution in [3.05, 3.63) is 35.1 Å². The SMILES string of the molecule is Cc1ccc(C(C)NC2CCC(C)(C)C2)cc1F. The predicted molar refractivity (Wildman–Crippen MR) is 74.1 cm³/mol. The Bertz CT molecular complexity index is 425. The predicted octanol–water partition coefficient (Wildman–Crippen LogP) is 4.36. The highest BCUT2D eigenvalue weighted by Crippen LogP contribution is 2.37. The van der Waals surface area contributed by atoms with Crippen LogP contribution in [0.25, 0.3) is 0 Å². The van der Waals surface area contributed by atoms with Crippen LogP contribution in [0, 0.1) is 18.2 Å². The molecule has 0 bridgehead atoms. The lowest BCUT2D eigenvalue weighted by atomic mass is 9.91. The van der Waals surface area contributed by atoms with Gasteiger partial charge in [-0.15, -0.1) is 0 Å². The highest BCUT2D eigenvalue weighted by atomic mass is 19.1. The van der Waals surface area contributed by atoms with E-state index in [-0.39, 0.29) is 11.9 Å². The topological polar surface area (TPSA) is 12.0 Å². The summed E-state index contributed by atoms with van der Waals surface area (Å²) in [5.41, 5.74) is 2.21. The molecule has 0 spiro atoms. The normalized spacial score (nSPS) is 24.2. The zero-order valence-electron chi connectivity index (χ0n) is 11.9.